The van der Waals surface area contributed by atoms with E-state index in [0.717, 1.165) is 5.69 Å². The van der Waals surface area contributed by atoms with Crippen molar-refractivity contribution in [3.8, 4) is 0 Å². The van der Waals surface area contributed by atoms with E-state index in [0.29, 0.717) is 18.7 Å². The molecular formula is C11H12N4O2. The number of nitrogens with zero attached hydrogens (tertiary/aromatic N) is 3. The second-order valence-electron chi connectivity index (χ2n) is 3.60. The molecule has 0 aliphatic carbocycles. The average molecular weight is 232 g/mol. The third-order valence-electron chi connectivity index (χ3n) is 2.54. The highest BCUT2D eigenvalue weighted by Crippen LogP contribution is 2.19. The molecule has 0 amide bonds. The molecule has 0 spiro atoms. The first-order chi connectivity index (χ1) is 8.22. The van der Waals surface area contributed by atoms with Gasteiger partial charge in [-0.1, -0.05) is 18.2 Å². The quantitative estimate of drug-likeness (QED) is 0.635. The molecule has 0 aliphatic rings. The Bertz CT molecular complexity index is 536. The summed E-state index contributed by atoms with van der Waals surface area (Å²) in [6, 6.07) is 6.66. The summed E-state index contributed by atoms with van der Waals surface area (Å²) in [5, 5.41) is 10.9. The van der Waals surface area contributed by atoms with Gasteiger partial charge >= 0.3 is 0 Å². The maximum Gasteiger partial charge on any atom is 0.274 e. The summed E-state index contributed by atoms with van der Waals surface area (Å²) in [4.78, 5) is 14.5. The zero-order chi connectivity index (χ0) is 12.3. The largest absolute Gasteiger partial charge is 0.329 e. The molecule has 2 rings (SSSR count). The van der Waals surface area contributed by atoms with Crippen molar-refractivity contribution in [1.29, 1.82) is 0 Å². The van der Waals surface area contributed by atoms with Gasteiger partial charge in [0.2, 0.25) is 0 Å². The summed E-state index contributed by atoms with van der Waals surface area (Å²) in [7, 11) is 0. The molecule has 0 aliphatic heterocycles. The van der Waals surface area contributed by atoms with E-state index in [2.05, 4.69) is 4.98 Å². The third-order valence-corrected chi connectivity index (χ3v) is 2.54. The van der Waals surface area contributed by atoms with Crippen LogP contribution < -0.4 is 5.73 Å². The van der Waals surface area contributed by atoms with E-state index in [1.807, 2.05) is 4.57 Å². The van der Waals surface area contributed by atoms with Gasteiger partial charge < -0.3 is 10.3 Å². The van der Waals surface area contributed by atoms with Crippen LogP contribution in [0.5, 0.6) is 0 Å². The van der Waals surface area contributed by atoms with E-state index in [4.69, 9.17) is 5.73 Å². The standard InChI is InChI=1S/C11H12N4O2/c12-5-10-6-13-8-14(10)7-9-3-1-2-4-11(9)15(16)17/h1-4,6,8H,5,7,12H2. The summed E-state index contributed by atoms with van der Waals surface area (Å²) >= 11 is 0. The molecule has 1 aromatic carbocycles. The number of hydrogen-bond donors (Lipinski definition) is 1. The van der Waals surface area contributed by atoms with Gasteiger partial charge in [0.1, 0.15) is 0 Å². The van der Waals surface area contributed by atoms with Crippen LogP contribution in [0.15, 0.2) is 36.8 Å². The average Bonchev–Trinajstić information content (AvgIpc) is 2.77. The maximum atomic E-state index is 10.9. The molecule has 6 heteroatoms. The van der Waals surface area contributed by atoms with Gasteiger partial charge in [0.25, 0.3) is 5.69 Å². The fourth-order valence-electron chi connectivity index (χ4n) is 1.67. The van der Waals surface area contributed by atoms with Gasteiger partial charge in [-0.2, -0.15) is 0 Å². The molecule has 0 radical (unpaired) electrons. The lowest BCUT2D eigenvalue weighted by Gasteiger charge is -2.06. The van der Waals surface area contributed by atoms with Gasteiger partial charge in [-0.3, -0.25) is 10.1 Å². The Labute approximate surface area is 97.9 Å². The van der Waals surface area contributed by atoms with Crippen LogP contribution in [0.1, 0.15) is 11.3 Å². The minimum absolute atomic E-state index is 0.115. The topological polar surface area (TPSA) is 87.0 Å². The van der Waals surface area contributed by atoms with Crippen LogP contribution in [0.25, 0.3) is 0 Å². The number of nitrogens with two attached hydrogens (primary N) is 1. The first kappa shape index (κ1) is 11.3. The number of imidazole rings is 1. The van der Waals surface area contributed by atoms with Crippen LogP contribution in [0, 0.1) is 10.1 Å². The van der Waals surface area contributed by atoms with Crippen LogP contribution in [-0.2, 0) is 13.1 Å². The number of rotatable bonds is 4. The van der Waals surface area contributed by atoms with Gasteiger partial charge in [-0.15, -0.1) is 0 Å². The molecule has 2 N–H and O–H groups in total. The van der Waals surface area contributed by atoms with Crippen LogP contribution in [0.2, 0.25) is 0 Å². The van der Waals surface area contributed by atoms with Crippen LogP contribution in [0.3, 0.4) is 0 Å². The lowest BCUT2D eigenvalue weighted by molar-refractivity contribution is -0.385. The molecular weight excluding hydrogens is 220 g/mol. The van der Waals surface area contributed by atoms with Crippen LogP contribution >= 0.6 is 0 Å². The Hall–Kier alpha value is -2.21. The van der Waals surface area contributed by atoms with E-state index >= 15 is 0 Å². The van der Waals surface area contributed by atoms with E-state index in [1.165, 1.54) is 6.07 Å². The normalized spacial score (nSPS) is 10.4. The molecule has 0 saturated carbocycles. The third kappa shape index (κ3) is 2.31. The van der Waals surface area contributed by atoms with Crippen molar-refractivity contribution >= 4 is 5.69 Å². The van der Waals surface area contributed by atoms with Gasteiger partial charge in [0.05, 0.1) is 23.5 Å². The van der Waals surface area contributed by atoms with Gasteiger partial charge in [0, 0.05) is 24.4 Å². The number of nitro groups is 1. The van der Waals surface area contributed by atoms with E-state index in [9.17, 15) is 10.1 Å². The molecule has 0 bridgehead atoms. The monoisotopic (exact) mass is 232 g/mol. The number of benzene rings is 1. The molecule has 1 heterocycles. The molecule has 0 atom stereocenters. The highest BCUT2D eigenvalue weighted by atomic mass is 16.6. The van der Waals surface area contributed by atoms with Crippen molar-refractivity contribution in [3.05, 3.63) is 58.2 Å². The van der Waals surface area contributed by atoms with Crippen molar-refractivity contribution in [2.45, 2.75) is 13.1 Å². The summed E-state index contributed by atoms with van der Waals surface area (Å²) < 4.78 is 1.81. The lowest BCUT2D eigenvalue weighted by Crippen LogP contribution is -2.08. The number of para-hydroxylation sites is 1. The van der Waals surface area contributed by atoms with Crippen molar-refractivity contribution in [3.63, 3.8) is 0 Å². The fourth-order valence-corrected chi connectivity index (χ4v) is 1.67. The second kappa shape index (κ2) is 4.75. The molecule has 88 valence electrons. The smallest absolute Gasteiger partial charge is 0.274 e. The summed E-state index contributed by atoms with van der Waals surface area (Å²) in [5.41, 5.74) is 7.16. The summed E-state index contributed by atoms with van der Waals surface area (Å²) in [5.74, 6) is 0. The van der Waals surface area contributed by atoms with Crippen LogP contribution in [-0.4, -0.2) is 14.5 Å². The number of aromatic nitrogens is 2. The van der Waals surface area contributed by atoms with Crippen molar-refractivity contribution in [2.24, 2.45) is 5.73 Å². The van der Waals surface area contributed by atoms with E-state index < -0.39 is 0 Å². The van der Waals surface area contributed by atoms with E-state index in [1.54, 1.807) is 30.7 Å². The van der Waals surface area contributed by atoms with Crippen molar-refractivity contribution in [2.75, 3.05) is 0 Å². The molecule has 6 nitrogen and oxygen atoms in total. The number of hydrogen-bond acceptors (Lipinski definition) is 4. The predicted molar refractivity (Wildman–Crippen MR) is 62.3 cm³/mol. The molecule has 17 heavy (non-hydrogen) atoms. The lowest BCUT2D eigenvalue weighted by atomic mass is 10.2. The molecule has 0 unspecified atom stereocenters. The van der Waals surface area contributed by atoms with E-state index in [-0.39, 0.29) is 10.6 Å². The van der Waals surface area contributed by atoms with Gasteiger partial charge in [-0.05, 0) is 0 Å². The Kier molecular flexibility index (Phi) is 3.15. The van der Waals surface area contributed by atoms with Gasteiger partial charge in [-0.25, -0.2) is 4.98 Å². The summed E-state index contributed by atoms with van der Waals surface area (Å²) in [6.45, 7) is 0.768. The Morgan fingerprint density at radius 1 is 1.41 bits per heavy atom. The minimum atomic E-state index is -0.381. The summed E-state index contributed by atoms with van der Waals surface area (Å²) in [6.07, 6.45) is 3.29. The molecule has 2 aromatic rings. The highest BCUT2D eigenvalue weighted by Gasteiger charge is 2.13. The Morgan fingerprint density at radius 3 is 2.88 bits per heavy atom. The maximum absolute atomic E-state index is 10.9. The molecule has 0 fully saturated rings. The minimum Gasteiger partial charge on any atom is -0.329 e. The highest BCUT2D eigenvalue weighted by molar-refractivity contribution is 5.40. The second-order valence-corrected chi connectivity index (χ2v) is 3.60. The van der Waals surface area contributed by atoms with Crippen molar-refractivity contribution in [1.82, 2.24) is 9.55 Å². The van der Waals surface area contributed by atoms with Crippen LogP contribution in [0.4, 0.5) is 5.69 Å². The first-order valence-corrected chi connectivity index (χ1v) is 5.13. The predicted octanol–water partition coefficient (Wildman–Crippen LogP) is 1.30. The van der Waals surface area contributed by atoms with Gasteiger partial charge in [0.15, 0.2) is 0 Å². The van der Waals surface area contributed by atoms with Crippen molar-refractivity contribution < 1.29 is 4.92 Å². The Balaban J connectivity index is 2.33. The fraction of sp³-hybridized carbons (Fsp3) is 0.182. The number of nitro benzene ring substituents is 1. The molecule has 0 saturated heterocycles. The zero-order valence-electron chi connectivity index (χ0n) is 9.11. The Morgan fingerprint density at radius 2 is 2.18 bits per heavy atom. The zero-order valence-corrected chi connectivity index (χ0v) is 9.11. The first-order valence-electron chi connectivity index (χ1n) is 5.13. The SMILES string of the molecule is NCc1cncn1Cc1ccccc1[N+](=O)[O-]. The molecule has 1 aromatic heterocycles.